The van der Waals surface area contributed by atoms with Crippen LogP contribution in [0.4, 0.5) is 0 Å². The van der Waals surface area contributed by atoms with Gasteiger partial charge in [0.1, 0.15) is 0 Å². The molecular weight excluding hydrogens is 248 g/mol. The van der Waals surface area contributed by atoms with Crippen molar-refractivity contribution in [2.45, 2.75) is 25.1 Å². The van der Waals surface area contributed by atoms with E-state index in [0.717, 1.165) is 5.56 Å². The number of nitrogens with one attached hydrogen (secondary N) is 1. The Kier molecular flexibility index (Phi) is 5.50. The number of benzene rings is 1. The van der Waals surface area contributed by atoms with Gasteiger partial charge in [0.25, 0.3) is 0 Å². The van der Waals surface area contributed by atoms with Crippen molar-refractivity contribution in [3.05, 3.63) is 35.9 Å². The van der Waals surface area contributed by atoms with Crippen LogP contribution in [-0.2, 0) is 21.3 Å². The summed E-state index contributed by atoms with van der Waals surface area (Å²) in [4.78, 5) is 11.5. The quantitative estimate of drug-likeness (QED) is 0.801. The number of amides is 1. The molecule has 1 rings (SSSR count). The zero-order valence-corrected chi connectivity index (χ0v) is 11.6. The lowest BCUT2D eigenvalue weighted by Crippen LogP contribution is -2.49. The molecule has 0 saturated carbocycles. The minimum Gasteiger partial charge on any atom is -0.354 e. The Morgan fingerprint density at radius 1 is 1.33 bits per heavy atom. The van der Waals surface area contributed by atoms with Crippen molar-refractivity contribution in [2.75, 3.05) is 12.3 Å². The lowest BCUT2D eigenvalue weighted by Gasteiger charge is -2.17. The van der Waals surface area contributed by atoms with Crippen molar-refractivity contribution < 1.29 is 9.00 Å². The van der Waals surface area contributed by atoms with Gasteiger partial charge in [-0.25, -0.2) is 0 Å². The molecule has 0 spiro atoms. The van der Waals surface area contributed by atoms with E-state index in [1.54, 1.807) is 13.8 Å². The molecule has 0 aromatic heterocycles. The van der Waals surface area contributed by atoms with E-state index in [-0.39, 0.29) is 5.91 Å². The van der Waals surface area contributed by atoms with Crippen LogP contribution in [0.15, 0.2) is 30.3 Å². The number of hydrogen-bond donors (Lipinski definition) is 2. The van der Waals surface area contributed by atoms with Crippen LogP contribution in [0.1, 0.15) is 19.4 Å². The molecule has 0 aliphatic carbocycles. The average molecular weight is 268 g/mol. The summed E-state index contributed by atoms with van der Waals surface area (Å²) in [5.74, 6) is 0.735. The largest absolute Gasteiger partial charge is 0.354 e. The van der Waals surface area contributed by atoms with Crippen molar-refractivity contribution in [3.63, 3.8) is 0 Å². The maximum atomic E-state index is 11.8. The van der Waals surface area contributed by atoms with E-state index in [2.05, 4.69) is 5.32 Å². The van der Waals surface area contributed by atoms with E-state index < -0.39 is 16.3 Å². The summed E-state index contributed by atoms with van der Waals surface area (Å²) >= 11 is 0. The lowest BCUT2D eigenvalue weighted by molar-refractivity contribution is -0.125. The summed E-state index contributed by atoms with van der Waals surface area (Å²) in [5, 5.41) is 2.68. The Morgan fingerprint density at radius 3 is 2.50 bits per heavy atom. The highest BCUT2D eigenvalue weighted by Gasteiger charge is 2.21. The molecule has 4 nitrogen and oxygen atoms in total. The summed E-state index contributed by atoms with van der Waals surface area (Å²) in [7, 11) is -0.970. The summed E-state index contributed by atoms with van der Waals surface area (Å²) in [6.07, 6.45) is 0. The first-order valence-electron chi connectivity index (χ1n) is 5.85. The van der Waals surface area contributed by atoms with E-state index in [4.69, 9.17) is 5.73 Å². The van der Waals surface area contributed by atoms with Crippen molar-refractivity contribution >= 4 is 16.7 Å². The van der Waals surface area contributed by atoms with E-state index in [1.807, 2.05) is 30.3 Å². The van der Waals surface area contributed by atoms with Crippen LogP contribution in [0.25, 0.3) is 0 Å². The van der Waals surface area contributed by atoms with Crippen molar-refractivity contribution in [3.8, 4) is 0 Å². The Hall–Kier alpha value is -1.20. The van der Waals surface area contributed by atoms with Gasteiger partial charge in [-0.3, -0.25) is 9.00 Å². The zero-order chi connectivity index (χ0) is 13.6. The monoisotopic (exact) mass is 268 g/mol. The molecule has 0 aliphatic rings. The van der Waals surface area contributed by atoms with Crippen LogP contribution in [-0.4, -0.2) is 28.0 Å². The van der Waals surface area contributed by atoms with Gasteiger partial charge in [-0.15, -0.1) is 0 Å². The Balaban J connectivity index is 2.28. The fraction of sp³-hybridized carbons (Fsp3) is 0.462. The standard InChI is InChI=1S/C13H20N2O2S/c1-13(2,14)12(16)15-8-9-18(17)10-11-6-4-3-5-7-11/h3-7H,8-10,14H2,1-2H3,(H,15,16). The number of carbonyl (C=O) groups excluding carboxylic acids is 1. The molecule has 1 atom stereocenters. The fourth-order valence-electron chi connectivity index (χ4n) is 1.34. The summed E-state index contributed by atoms with van der Waals surface area (Å²) < 4.78 is 11.8. The Labute approximate surface area is 110 Å². The van der Waals surface area contributed by atoms with Gasteiger partial charge in [0.05, 0.1) is 5.54 Å². The zero-order valence-electron chi connectivity index (χ0n) is 10.8. The van der Waals surface area contributed by atoms with Gasteiger partial charge < -0.3 is 11.1 Å². The van der Waals surface area contributed by atoms with Crippen LogP contribution >= 0.6 is 0 Å². The number of carbonyl (C=O) groups is 1. The fourth-order valence-corrected chi connectivity index (χ4v) is 2.38. The summed E-state index contributed by atoms with van der Waals surface area (Å²) in [5.41, 5.74) is 5.79. The minimum absolute atomic E-state index is 0.223. The molecule has 0 bridgehead atoms. The third-order valence-electron chi connectivity index (χ3n) is 2.37. The highest BCUT2D eigenvalue weighted by molar-refractivity contribution is 7.84. The molecule has 5 heteroatoms. The van der Waals surface area contributed by atoms with Crippen molar-refractivity contribution in [1.82, 2.24) is 5.32 Å². The molecule has 100 valence electrons. The maximum absolute atomic E-state index is 11.8. The topological polar surface area (TPSA) is 72.2 Å². The number of nitrogens with two attached hydrogens (primary N) is 1. The second-order valence-electron chi connectivity index (χ2n) is 4.75. The molecule has 0 fully saturated rings. The van der Waals surface area contributed by atoms with Gasteiger partial charge >= 0.3 is 0 Å². The first kappa shape index (κ1) is 14.9. The maximum Gasteiger partial charge on any atom is 0.239 e. The molecular formula is C13H20N2O2S. The third-order valence-corrected chi connectivity index (χ3v) is 3.69. The van der Waals surface area contributed by atoms with Crippen LogP contribution in [0.2, 0.25) is 0 Å². The van der Waals surface area contributed by atoms with Crippen LogP contribution in [0.5, 0.6) is 0 Å². The molecule has 18 heavy (non-hydrogen) atoms. The highest BCUT2D eigenvalue weighted by atomic mass is 32.2. The molecule has 0 saturated heterocycles. The van der Waals surface area contributed by atoms with Crippen molar-refractivity contribution in [1.29, 1.82) is 0 Å². The summed E-state index contributed by atoms with van der Waals surface area (Å²) in [6, 6.07) is 9.66. The first-order chi connectivity index (χ1) is 8.39. The second-order valence-corrected chi connectivity index (χ2v) is 6.33. The average Bonchev–Trinajstić information content (AvgIpc) is 2.28. The Bertz CT molecular complexity index is 413. The van der Waals surface area contributed by atoms with Gasteiger partial charge in [0.15, 0.2) is 0 Å². The highest BCUT2D eigenvalue weighted by Crippen LogP contribution is 2.02. The van der Waals surface area contributed by atoms with Crippen molar-refractivity contribution in [2.24, 2.45) is 5.73 Å². The lowest BCUT2D eigenvalue weighted by atomic mass is 10.1. The second kappa shape index (κ2) is 6.66. The molecule has 0 radical (unpaired) electrons. The van der Waals surface area contributed by atoms with Gasteiger partial charge in [0.2, 0.25) is 5.91 Å². The van der Waals surface area contributed by atoms with E-state index in [9.17, 15) is 9.00 Å². The molecule has 1 aromatic carbocycles. The molecule has 1 unspecified atom stereocenters. The summed E-state index contributed by atoms with van der Waals surface area (Å²) in [6.45, 7) is 3.67. The molecule has 0 aliphatic heterocycles. The van der Waals surface area contributed by atoms with Gasteiger partial charge in [0, 0.05) is 28.9 Å². The van der Waals surface area contributed by atoms with Crippen LogP contribution in [0.3, 0.4) is 0 Å². The van der Waals surface area contributed by atoms with E-state index in [0.29, 0.717) is 18.1 Å². The third kappa shape index (κ3) is 5.42. The molecule has 0 heterocycles. The minimum atomic E-state index is -0.970. The molecule has 1 aromatic rings. The smallest absolute Gasteiger partial charge is 0.239 e. The number of rotatable bonds is 6. The molecule has 1 amide bonds. The first-order valence-corrected chi connectivity index (χ1v) is 7.34. The van der Waals surface area contributed by atoms with Gasteiger partial charge in [-0.1, -0.05) is 30.3 Å². The Morgan fingerprint density at radius 2 is 1.94 bits per heavy atom. The predicted octanol–water partition coefficient (Wildman–Crippen LogP) is 0.789. The van der Waals surface area contributed by atoms with Crippen LogP contribution in [0, 0.1) is 0 Å². The number of hydrogen-bond acceptors (Lipinski definition) is 3. The normalized spacial score (nSPS) is 13.1. The predicted molar refractivity (Wildman–Crippen MR) is 74.4 cm³/mol. The van der Waals surface area contributed by atoms with Crippen LogP contribution < -0.4 is 11.1 Å². The van der Waals surface area contributed by atoms with E-state index >= 15 is 0 Å². The SMILES string of the molecule is CC(C)(N)C(=O)NCCS(=O)Cc1ccccc1. The van der Waals surface area contributed by atoms with Gasteiger partial charge in [-0.05, 0) is 19.4 Å². The van der Waals surface area contributed by atoms with Gasteiger partial charge in [-0.2, -0.15) is 0 Å². The molecule has 3 N–H and O–H groups in total. The van der Waals surface area contributed by atoms with E-state index in [1.165, 1.54) is 0 Å².